The van der Waals surface area contributed by atoms with E-state index >= 15 is 0 Å². The van der Waals surface area contributed by atoms with Crippen LogP contribution in [0.2, 0.25) is 0 Å². The van der Waals surface area contributed by atoms with E-state index in [0.29, 0.717) is 4.99 Å². The molecule has 1 heterocycles. The average Bonchev–Trinajstić information content (AvgIpc) is 2.98. The quantitative estimate of drug-likeness (QED) is 0.790. The molecule has 2 N–H and O–H groups in total. The first-order chi connectivity index (χ1) is 7.65. The van der Waals surface area contributed by atoms with Crippen LogP contribution in [-0.4, -0.2) is 27.5 Å². The highest BCUT2D eigenvalue weighted by atomic mass is 32.1. The van der Waals surface area contributed by atoms with Crippen molar-refractivity contribution in [2.45, 2.75) is 38.8 Å². The van der Waals surface area contributed by atoms with Crippen LogP contribution in [0.5, 0.6) is 0 Å². The molecular formula is C11H17N3S2. The molecule has 16 heavy (non-hydrogen) atoms. The lowest BCUT2D eigenvalue weighted by Gasteiger charge is -2.20. The molecule has 0 aliphatic heterocycles. The number of thiazole rings is 1. The van der Waals surface area contributed by atoms with Gasteiger partial charge < -0.3 is 5.73 Å². The summed E-state index contributed by atoms with van der Waals surface area (Å²) in [6.45, 7) is 3.96. The Kier molecular flexibility index (Phi) is 3.89. The van der Waals surface area contributed by atoms with Crippen molar-refractivity contribution in [1.29, 1.82) is 0 Å². The van der Waals surface area contributed by atoms with Crippen molar-refractivity contribution in [2.24, 2.45) is 5.73 Å². The minimum Gasteiger partial charge on any atom is -0.393 e. The molecule has 1 aromatic heterocycles. The Morgan fingerprint density at radius 2 is 2.44 bits per heavy atom. The van der Waals surface area contributed by atoms with Gasteiger partial charge in [0.2, 0.25) is 0 Å². The van der Waals surface area contributed by atoms with Gasteiger partial charge in [0.15, 0.2) is 0 Å². The van der Waals surface area contributed by atoms with Gasteiger partial charge in [-0.05, 0) is 19.8 Å². The summed E-state index contributed by atoms with van der Waals surface area (Å²) in [6, 6.07) is 0.735. The molecule has 1 saturated carbocycles. The summed E-state index contributed by atoms with van der Waals surface area (Å²) in [5.74, 6) is 0. The fourth-order valence-electron chi connectivity index (χ4n) is 1.73. The van der Waals surface area contributed by atoms with Crippen LogP contribution in [0.4, 0.5) is 0 Å². The van der Waals surface area contributed by atoms with Crippen LogP contribution >= 0.6 is 23.6 Å². The van der Waals surface area contributed by atoms with Gasteiger partial charge in [0.1, 0.15) is 5.01 Å². The maximum Gasteiger partial charge on any atom is 0.107 e. The van der Waals surface area contributed by atoms with Crippen LogP contribution < -0.4 is 5.73 Å². The molecule has 0 amide bonds. The zero-order valence-corrected chi connectivity index (χ0v) is 11.1. The van der Waals surface area contributed by atoms with Gasteiger partial charge in [-0.15, -0.1) is 11.3 Å². The molecule has 0 bridgehead atoms. The molecular weight excluding hydrogens is 238 g/mol. The first-order valence-corrected chi connectivity index (χ1v) is 6.87. The van der Waals surface area contributed by atoms with Gasteiger partial charge in [-0.25, -0.2) is 4.98 Å². The van der Waals surface area contributed by atoms with Gasteiger partial charge >= 0.3 is 0 Å². The van der Waals surface area contributed by atoms with Crippen LogP contribution in [0.25, 0.3) is 0 Å². The lowest BCUT2D eigenvalue weighted by molar-refractivity contribution is 0.262. The van der Waals surface area contributed by atoms with Crippen LogP contribution in [0, 0.1) is 6.92 Å². The molecule has 5 heteroatoms. The first-order valence-electron chi connectivity index (χ1n) is 5.58. The van der Waals surface area contributed by atoms with E-state index < -0.39 is 0 Å². The summed E-state index contributed by atoms with van der Waals surface area (Å²) in [7, 11) is 0. The van der Waals surface area contributed by atoms with E-state index in [4.69, 9.17) is 18.0 Å². The van der Waals surface area contributed by atoms with Gasteiger partial charge in [-0.2, -0.15) is 0 Å². The lowest BCUT2D eigenvalue weighted by Crippen LogP contribution is -2.29. The molecule has 88 valence electrons. The molecule has 1 aliphatic rings. The number of nitrogens with two attached hydrogens (primary N) is 1. The highest BCUT2D eigenvalue weighted by molar-refractivity contribution is 7.80. The van der Waals surface area contributed by atoms with Gasteiger partial charge in [0, 0.05) is 30.1 Å². The lowest BCUT2D eigenvalue weighted by atomic mass is 10.3. The Labute approximate surface area is 106 Å². The summed E-state index contributed by atoms with van der Waals surface area (Å²) >= 11 is 6.67. The average molecular weight is 255 g/mol. The van der Waals surface area contributed by atoms with E-state index in [0.717, 1.165) is 31.2 Å². The van der Waals surface area contributed by atoms with E-state index in [9.17, 15) is 0 Å². The molecule has 0 unspecified atom stereocenters. The van der Waals surface area contributed by atoms with E-state index in [1.807, 2.05) is 6.92 Å². The van der Waals surface area contributed by atoms with Crippen LogP contribution in [-0.2, 0) is 6.54 Å². The highest BCUT2D eigenvalue weighted by Crippen LogP contribution is 2.28. The second kappa shape index (κ2) is 5.21. The predicted molar refractivity (Wildman–Crippen MR) is 71.7 cm³/mol. The summed E-state index contributed by atoms with van der Waals surface area (Å²) in [6.07, 6.45) is 3.43. The molecule has 2 rings (SSSR count). The third-order valence-corrected chi connectivity index (χ3v) is 3.87. The normalized spacial score (nSPS) is 15.6. The zero-order chi connectivity index (χ0) is 11.5. The SMILES string of the molecule is Cc1csc(CN(CCC(N)=S)C2CC2)n1. The van der Waals surface area contributed by atoms with E-state index in [-0.39, 0.29) is 0 Å². The van der Waals surface area contributed by atoms with E-state index in [1.165, 1.54) is 17.8 Å². The van der Waals surface area contributed by atoms with E-state index in [1.54, 1.807) is 11.3 Å². The Hall–Kier alpha value is -0.520. The monoisotopic (exact) mass is 255 g/mol. The van der Waals surface area contributed by atoms with Gasteiger partial charge in [0.25, 0.3) is 0 Å². The van der Waals surface area contributed by atoms with Gasteiger partial charge in [-0.1, -0.05) is 12.2 Å². The maximum absolute atomic E-state index is 5.55. The van der Waals surface area contributed by atoms with Crippen molar-refractivity contribution in [3.05, 3.63) is 16.1 Å². The standard InChI is InChI=1S/C11H17N3S2/c1-8-7-16-11(13-8)6-14(9-2-3-9)5-4-10(12)15/h7,9H,2-6H2,1H3,(H2,12,15). The van der Waals surface area contributed by atoms with E-state index in [2.05, 4.69) is 15.3 Å². The molecule has 0 spiro atoms. The molecule has 1 aliphatic carbocycles. The molecule has 1 fully saturated rings. The van der Waals surface area contributed by atoms with Crippen molar-refractivity contribution in [3.63, 3.8) is 0 Å². The minimum absolute atomic E-state index is 0.612. The number of rotatable bonds is 6. The Morgan fingerprint density at radius 3 is 2.94 bits per heavy atom. The molecule has 0 radical (unpaired) electrons. The summed E-state index contributed by atoms with van der Waals surface area (Å²) < 4.78 is 0. The maximum atomic E-state index is 5.55. The minimum atomic E-state index is 0.612. The number of aromatic nitrogens is 1. The van der Waals surface area contributed by atoms with Crippen LogP contribution in [0.15, 0.2) is 5.38 Å². The molecule has 0 saturated heterocycles. The summed E-state index contributed by atoms with van der Waals surface area (Å²) in [4.78, 5) is 7.57. The fraction of sp³-hybridized carbons (Fsp3) is 0.636. The fourth-order valence-corrected chi connectivity index (χ4v) is 2.62. The number of thiocarbonyl (C=S) groups is 1. The predicted octanol–water partition coefficient (Wildman–Crippen LogP) is 2.09. The highest BCUT2D eigenvalue weighted by Gasteiger charge is 2.29. The van der Waals surface area contributed by atoms with Crippen LogP contribution in [0.3, 0.4) is 0 Å². The van der Waals surface area contributed by atoms with Gasteiger partial charge in [-0.3, -0.25) is 4.90 Å². The van der Waals surface area contributed by atoms with Gasteiger partial charge in [0.05, 0.1) is 11.5 Å². The third-order valence-electron chi connectivity index (χ3n) is 2.71. The van der Waals surface area contributed by atoms with Crippen LogP contribution in [0.1, 0.15) is 30.0 Å². The summed E-state index contributed by atoms with van der Waals surface area (Å²) in [5.41, 5.74) is 6.67. The number of hydrogen-bond acceptors (Lipinski definition) is 4. The topological polar surface area (TPSA) is 42.1 Å². The smallest absolute Gasteiger partial charge is 0.107 e. The second-order valence-corrected chi connectivity index (χ2v) is 5.77. The first kappa shape index (κ1) is 12.0. The van der Waals surface area contributed by atoms with Crippen molar-refractivity contribution in [1.82, 2.24) is 9.88 Å². The van der Waals surface area contributed by atoms with Crippen molar-refractivity contribution < 1.29 is 0 Å². The van der Waals surface area contributed by atoms with Crippen molar-refractivity contribution >= 4 is 28.5 Å². The molecule has 0 atom stereocenters. The van der Waals surface area contributed by atoms with Crippen molar-refractivity contribution in [3.8, 4) is 0 Å². The Morgan fingerprint density at radius 1 is 1.69 bits per heavy atom. The second-order valence-electron chi connectivity index (χ2n) is 4.30. The van der Waals surface area contributed by atoms with Crippen molar-refractivity contribution in [2.75, 3.05) is 6.54 Å². The largest absolute Gasteiger partial charge is 0.393 e. The molecule has 1 aromatic rings. The number of aryl methyl sites for hydroxylation is 1. The Bertz CT molecular complexity index is 371. The number of hydrogen-bond donors (Lipinski definition) is 1. The zero-order valence-electron chi connectivity index (χ0n) is 9.48. The third kappa shape index (κ3) is 3.50. The Balaban J connectivity index is 1.89. The molecule has 0 aromatic carbocycles. The molecule has 3 nitrogen and oxygen atoms in total. The summed E-state index contributed by atoms with van der Waals surface area (Å²) in [5, 5.41) is 3.31. The number of nitrogens with zero attached hydrogens (tertiary/aromatic N) is 2.